The molecule has 6 nitrogen and oxygen atoms in total. The molecule has 0 bridgehead atoms. The lowest BCUT2D eigenvalue weighted by atomic mass is 10.3. The molecule has 0 unspecified atom stereocenters. The van der Waals surface area contributed by atoms with Gasteiger partial charge in [-0.25, -0.2) is 8.42 Å². The number of hydrogen-bond donors (Lipinski definition) is 2. The highest BCUT2D eigenvalue weighted by Crippen LogP contribution is 2.16. The van der Waals surface area contributed by atoms with Crippen LogP contribution < -0.4 is 10.0 Å². The first-order valence-electron chi connectivity index (χ1n) is 6.05. The second-order valence-corrected chi connectivity index (χ2v) is 6.97. The molecule has 1 aliphatic rings. The molecule has 1 aromatic carbocycles. The maximum Gasteiger partial charge on any atom is 0.263 e. The van der Waals surface area contributed by atoms with E-state index >= 15 is 0 Å². The van der Waals surface area contributed by atoms with Crippen molar-refractivity contribution < 1.29 is 13.2 Å². The van der Waals surface area contributed by atoms with Crippen LogP contribution in [0, 0.1) is 0 Å². The van der Waals surface area contributed by atoms with Crippen molar-refractivity contribution in [3.63, 3.8) is 0 Å². The van der Waals surface area contributed by atoms with Crippen LogP contribution in [0.2, 0.25) is 0 Å². The summed E-state index contributed by atoms with van der Waals surface area (Å²) in [5.74, 6) is 0.662. The number of rotatable bonds is 3. The molecule has 1 heterocycles. The second-order valence-electron chi connectivity index (χ2n) is 4.20. The van der Waals surface area contributed by atoms with Gasteiger partial charge in [0.2, 0.25) is 5.91 Å². The van der Waals surface area contributed by atoms with Crippen LogP contribution in [0.4, 0.5) is 5.69 Å². The number of thioether (sulfide) groups is 1. The van der Waals surface area contributed by atoms with Gasteiger partial charge in [-0.15, -0.1) is 0 Å². The monoisotopic (exact) mass is 313 g/mol. The Morgan fingerprint density at radius 2 is 2.00 bits per heavy atom. The smallest absolute Gasteiger partial charge is 0.263 e. The fourth-order valence-corrected chi connectivity index (χ4v) is 3.74. The molecule has 1 aliphatic heterocycles. The number of nitrogens with one attached hydrogen (secondary N) is 2. The van der Waals surface area contributed by atoms with Crippen LogP contribution in [0.15, 0.2) is 34.2 Å². The van der Waals surface area contributed by atoms with E-state index in [1.807, 2.05) is 0 Å². The molecule has 108 valence electrons. The third-order valence-electron chi connectivity index (χ3n) is 2.50. The minimum absolute atomic E-state index is 0.139. The maximum absolute atomic E-state index is 12.1. The van der Waals surface area contributed by atoms with Crippen molar-refractivity contribution in [2.24, 2.45) is 4.99 Å². The number of anilines is 1. The molecule has 1 aromatic rings. The van der Waals surface area contributed by atoms with E-state index < -0.39 is 10.0 Å². The predicted molar refractivity (Wildman–Crippen MR) is 80.4 cm³/mol. The number of benzene rings is 1. The zero-order valence-electron chi connectivity index (χ0n) is 10.9. The topological polar surface area (TPSA) is 87.6 Å². The van der Waals surface area contributed by atoms with Crippen molar-refractivity contribution in [3.05, 3.63) is 24.3 Å². The lowest BCUT2D eigenvalue weighted by Gasteiger charge is -2.13. The largest absolute Gasteiger partial charge is 0.326 e. The molecule has 1 amide bonds. The fraction of sp³-hybridized carbons (Fsp3) is 0.333. The average molecular weight is 313 g/mol. The molecule has 0 saturated carbocycles. The Hall–Kier alpha value is -1.54. The molecule has 0 aromatic heterocycles. The van der Waals surface area contributed by atoms with Gasteiger partial charge in [0.1, 0.15) is 0 Å². The minimum Gasteiger partial charge on any atom is -0.326 e. The molecule has 20 heavy (non-hydrogen) atoms. The van der Waals surface area contributed by atoms with Crippen molar-refractivity contribution >= 4 is 38.5 Å². The third-order valence-corrected chi connectivity index (χ3v) is 4.98. The maximum atomic E-state index is 12.1. The van der Waals surface area contributed by atoms with E-state index in [0.717, 1.165) is 12.2 Å². The quantitative estimate of drug-likeness (QED) is 0.883. The molecule has 0 aliphatic carbocycles. The van der Waals surface area contributed by atoms with Gasteiger partial charge in [0.15, 0.2) is 5.17 Å². The summed E-state index contributed by atoms with van der Waals surface area (Å²) in [5, 5.41) is 3.02. The molecule has 0 fully saturated rings. The van der Waals surface area contributed by atoms with Gasteiger partial charge in [-0.05, 0) is 30.7 Å². The second kappa shape index (κ2) is 6.27. The summed E-state index contributed by atoms with van der Waals surface area (Å²) in [6.07, 6.45) is 0.960. The number of amidine groups is 1. The van der Waals surface area contributed by atoms with Crippen molar-refractivity contribution in [1.82, 2.24) is 4.72 Å². The number of hydrogen-bond acceptors (Lipinski definition) is 5. The third kappa shape index (κ3) is 3.97. The highest BCUT2D eigenvalue weighted by Gasteiger charge is 2.17. The van der Waals surface area contributed by atoms with E-state index in [0.29, 0.717) is 17.4 Å². The van der Waals surface area contributed by atoms with Crippen LogP contribution in [0.3, 0.4) is 0 Å². The van der Waals surface area contributed by atoms with Crippen molar-refractivity contribution in [2.45, 2.75) is 18.2 Å². The Morgan fingerprint density at radius 1 is 1.30 bits per heavy atom. The van der Waals surface area contributed by atoms with Gasteiger partial charge in [-0.1, -0.05) is 11.8 Å². The Labute approximate surface area is 122 Å². The van der Waals surface area contributed by atoms with Gasteiger partial charge in [0, 0.05) is 24.9 Å². The molecule has 2 rings (SSSR count). The summed E-state index contributed by atoms with van der Waals surface area (Å²) in [5.41, 5.74) is 0.556. The lowest BCUT2D eigenvalue weighted by molar-refractivity contribution is -0.114. The fourth-order valence-electron chi connectivity index (χ4n) is 1.62. The van der Waals surface area contributed by atoms with Crippen molar-refractivity contribution in [3.8, 4) is 0 Å². The number of nitrogens with zero attached hydrogens (tertiary/aromatic N) is 1. The molecule has 0 radical (unpaired) electrons. The summed E-state index contributed by atoms with van der Waals surface area (Å²) in [4.78, 5) is 15.2. The highest BCUT2D eigenvalue weighted by atomic mass is 32.2. The number of carbonyl (C=O) groups excluding carboxylic acids is 1. The van der Waals surface area contributed by atoms with Crippen LogP contribution >= 0.6 is 11.8 Å². The molecular weight excluding hydrogens is 298 g/mol. The summed E-state index contributed by atoms with van der Waals surface area (Å²) >= 11 is 1.40. The average Bonchev–Trinajstić information content (AvgIpc) is 2.39. The number of aliphatic imine (C=N–C) groups is 1. The summed E-state index contributed by atoms with van der Waals surface area (Å²) in [6.45, 7) is 2.04. The Morgan fingerprint density at radius 3 is 2.55 bits per heavy atom. The first-order valence-corrected chi connectivity index (χ1v) is 8.52. The first-order chi connectivity index (χ1) is 9.47. The zero-order chi connectivity index (χ0) is 14.6. The molecule has 0 atom stereocenters. The summed E-state index contributed by atoms with van der Waals surface area (Å²) in [6, 6.07) is 5.99. The predicted octanol–water partition coefficient (Wildman–Crippen LogP) is 1.42. The number of carbonyl (C=O) groups is 1. The first kappa shape index (κ1) is 14.9. The normalized spacial score (nSPS) is 15.3. The van der Waals surface area contributed by atoms with Crippen molar-refractivity contribution in [1.29, 1.82) is 0 Å². The molecular formula is C12H15N3O3S2. The highest BCUT2D eigenvalue weighted by molar-refractivity contribution is 8.14. The Bertz CT molecular complexity index is 624. The van der Waals surface area contributed by atoms with Crippen LogP contribution in [-0.4, -0.2) is 31.8 Å². The summed E-state index contributed by atoms with van der Waals surface area (Å²) < 4.78 is 26.8. The van der Waals surface area contributed by atoms with Crippen molar-refractivity contribution in [2.75, 3.05) is 17.6 Å². The molecule has 0 spiro atoms. The number of sulfonamides is 1. The Kier molecular flexibility index (Phi) is 4.66. The van der Waals surface area contributed by atoms with Gasteiger partial charge in [0.05, 0.1) is 4.90 Å². The molecule has 8 heteroatoms. The molecule has 2 N–H and O–H groups in total. The van der Waals surface area contributed by atoms with E-state index in [4.69, 9.17) is 0 Å². The van der Waals surface area contributed by atoms with Gasteiger partial charge in [-0.2, -0.15) is 0 Å². The van der Waals surface area contributed by atoms with Gasteiger partial charge in [-0.3, -0.25) is 14.5 Å². The number of amides is 1. The minimum atomic E-state index is -3.62. The van der Waals surface area contributed by atoms with Gasteiger partial charge < -0.3 is 5.32 Å². The van der Waals surface area contributed by atoms with E-state index in [-0.39, 0.29) is 10.8 Å². The van der Waals surface area contributed by atoms with E-state index in [2.05, 4.69) is 15.0 Å². The SMILES string of the molecule is CC(=O)Nc1ccc(S(=O)(=O)NC2=NCCCS2)cc1. The van der Waals surface area contributed by atoms with Crippen LogP contribution in [0.5, 0.6) is 0 Å². The zero-order valence-corrected chi connectivity index (χ0v) is 12.6. The van der Waals surface area contributed by atoms with Crippen LogP contribution in [0.1, 0.15) is 13.3 Å². The summed E-state index contributed by atoms with van der Waals surface area (Å²) in [7, 11) is -3.62. The van der Waals surface area contributed by atoms with Crippen LogP contribution in [0.25, 0.3) is 0 Å². The lowest BCUT2D eigenvalue weighted by Crippen LogP contribution is -2.30. The van der Waals surface area contributed by atoms with E-state index in [1.54, 1.807) is 12.1 Å². The van der Waals surface area contributed by atoms with Gasteiger partial charge in [0.25, 0.3) is 10.0 Å². The molecule has 0 saturated heterocycles. The van der Waals surface area contributed by atoms with E-state index in [9.17, 15) is 13.2 Å². The Balaban J connectivity index is 2.12. The van der Waals surface area contributed by atoms with E-state index in [1.165, 1.54) is 30.8 Å². The van der Waals surface area contributed by atoms with Gasteiger partial charge >= 0.3 is 0 Å². The van der Waals surface area contributed by atoms with Crippen LogP contribution in [-0.2, 0) is 14.8 Å². The standard InChI is InChI=1S/C12H15N3O3S2/c1-9(16)14-10-3-5-11(6-4-10)20(17,18)15-12-13-7-2-8-19-12/h3-6H,2,7-8H2,1H3,(H,13,15)(H,14,16).